The van der Waals surface area contributed by atoms with E-state index in [9.17, 15) is 0 Å². The van der Waals surface area contributed by atoms with Crippen LogP contribution in [0.5, 0.6) is 5.75 Å². The molecule has 0 saturated carbocycles. The van der Waals surface area contributed by atoms with Gasteiger partial charge in [0.25, 0.3) is 0 Å². The molecule has 1 aromatic carbocycles. The van der Waals surface area contributed by atoms with E-state index < -0.39 is 0 Å². The molecule has 0 saturated heterocycles. The zero-order valence-electron chi connectivity index (χ0n) is 10.7. The van der Waals surface area contributed by atoms with Crippen molar-refractivity contribution in [3.05, 3.63) is 28.2 Å². The van der Waals surface area contributed by atoms with Gasteiger partial charge in [-0.3, -0.25) is 0 Å². The Hall–Kier alpha value is -1.05. The molecule has 2 N–H and O–H groups in total. The third-order valence-electron chi connectivity index (χ3n) is 2.73. The number of nitrogens with zero attached hydrogens (tertiary/aromatic N) is 1. The van der Waals surface area contributed by atoms with E-state index in [4.69, 9.17) is 15.7 Å². The van der Waals surface area contributed by atoms with Crippen LogP contribution in [-0.4, -0.2) is 12.6 Å². The monoisotopic (exact) mass is 310 g/mol. The highest BCUT2D eigenvalue weighted by molar-refractivity contribution is 9.10. The number of nitrogens with two attached hydrogens (primary N) is 1. The van der Waals surface area contributed by atoms with Crippen LogP contribution < -0.4 is 10.5 Å². The number of hydrogen-bond acceptors (Lipinski definition) is 3. The number of para-hydroxylation sites is 1. The van der Waals surface area contributed by atoms with Crippen molar-refractivity contribution in [3.8, 4) is 11.8 Å². The average Bonchev–Trinajstić information content (AvgIpc) is 2.37. The standard InChI is InChI=1S/C14H19BrN2O/c1-2-12(17)10-11-6-5-7-13(15)14(11)18-9-4-3-8-16/h5-7,12H,2-4,9-10,17H2,1H3. The zero-order valence-corrected chi connectivity index (χ0v) is 12.2. The second-order valence-corrected chi connectivity index (χ2v) is 5.07. The molecule has 0 heterocycles. The van der Waals surface area contributed by atoms with Crippen LogP contribution in [0.3, 0.4) is 0 Å². The summed E-state index contributed by atoms with van der Waals surface area (Å²) in [5, 5.41) is 8.49. The zero-order chi connectivity index (χ0) is 13.4. The SMILES string of the molecule is CCC(N)Cc1cccc(Br)c1OCCCC#N. The molecule has 0 fully saturated rings. The molecule has 0 bridgehead atoms. The Bertz CT molecular complexity index is 415. The number of unbranched alkanes of at least 4 members (excludes halogenated alkanes) is 1. The van der Waals surface area contributed by atoms with Crippen LogP contribution in [-0.2, 0) is 6.42 Å². The first-order chi connectivity index (χ1) is 8.69. The maximum absolute atomic E-state index is 8.49. The summed E-state index contributed by atoms with van der Waals surface area (Å²) in [5.74, 6) is 0.860. The first-order valence-electron chi connectivity index (χ1n) is 6.21. The van der Waals surface area contributed by atoms with Gasteiger partial charge in [0.2, 0.25) is 0 Å². The van der Waals surface area contributed by atoms with Crippen LogP contribution in [0.15, 0.2) is 22.7 Å². The van der Waals surface area contributed by atoms with Crippen molar-refractivity contribution >= 4 is 15.9 Å². The van der Waals surface area contributed by atoms with Gasteiger partial charge in [-0.05, 0) is 46.8 Å². The van der Waals surface area contributed by atoms with Gasteiger partial charge in [0, 0.05) is 12.5 Å². The molecule has 3 nitrogen and oxygen atoms in total. The maximum atomic E-state index is 8.49. The lowest BCUT2D eigenvalue weighted by Crippen LogP contribution is -2.21. The Labute approximate surface area is 117 Å². The second kappa shape index (κ2) is 8.12. The number of hydrogen-bond donors (Lipinski definition) is 1. The summed E-state index contributed by atoms with van der Waals surface area (Å²) in [6.45, 7) is 2.64. The normalized spacial score (nSPS) is 11.9. The molecule has 0 spiro atoms. The number of halogens is 1. The van der Waals surface area contributed by atoms with Gasteiger partial charge in [-0.15, -0.1) is 0 Å². The lowest BCUT2D eigenvalue weighted by Gasteiger charge is -2.15. The fourth-order valence-electron chi connectivity index (χ4n) is 1.63. The van der Waals surface area contributed by atoms with Crippen molar-refractivity contribution in [3.63, 3.8) is 0 Å². The Balaban J connectivity index is 2.71. The van der Waals surface area contributed by atoms with Crippen LogP contribution in [0.25, 0.3) is 0 Å². The van der Waals surface area contributed by atoms with Gasteiger partial charge < -0.3 is 10.5 Å². The lowest BCUT2D eigenvalue weighted by atomic mass is 10.0. The summed E-state index contributed by atoms with van der Waals surface area (Å²) >= 11 is 3.50. The molecule has 1 unspecified atom stereocenters. The smallest absolute Gasteiger partial charge is 0.136 e. The van der Waals surface area contributed by atoms with Crippen molar-refractivity contribution in [1.29, 1.82) is 5.26 Å². The minimum Gasteiger partial charge on any atom is -0.492 e. The Morgan fingerprint density at radius 2 is 2.28 bits per heavy atom. The average molecular weight is 311 g/mol. The molecule has 0 aliphatic carbocycles. The molecule has 0 aliphatic heterocycles. The summed E-state index contributed by atoms with van der Waals surface area (Å²) in [7, 11) is 0. The molecule has 18 heavy (non-hydrogen) atoms. The molecule has 0 radical (unpaired) electrons. The molecule has 1 aromatic rings. The molecule has 98 valence electrons. The Morgan fingerprint density at radius 1 is 1.50 bits per heavy atom. The molecule has 0 aliphatic rings. The van der Waals surface area contributed by atoms with Crippen molar-refractivity contribution in [2.24, 2.45) is 5.73 Å². The highest BCUT2D eigenvalue weighted by atomic mass is 79.9. The van der Waals surface area contributed by atoms with E-state index >= 15 is 0 Å². The van der Waals surface area contributed by atoms with Gasteiger partial charge in [-0.2, -0.15) is 5.26 Å². The minimum atomic E-state index is 0.153. The first-order valence-corrected chi connectivity index (χ1v) is 7.01. The largest absolute Gasteiger partial charge is 0.492 e. The summed E-state index contributed by atoms with van der Waals surface area (Å²) < 4.78 is 6.71. The van der Waals surface area contributed by atoms with Crippen molar-refractivity contribution < 1.29 is 4.74 Å². The van der Waals surface area contributed by atoms with Gasteiger partial charge in [-0.1, -0.05) is 19.1 Å². The third kappa shape index (κ3) is 4.67. The third-order valence-corrected chi connectivity index (χ3v) is 3.36. The van der Waals surface area contributed by atoms with Crippen LogP contribution in [0, 0.1) is 11.3 Å². The molecular formula is C14H19BrN2O. The highest BCUT2D eigenvalue weighted by Crippen LogP contribution is 2.30. The summed E-state index contributed by atoms with van der Waals surface area (Å²) in [5.41, 5.74) is 7.11. The number of ether oxygens (including phenoxy) is 1. The van der Waals surface area contributed by atoms with Crippen molar-refractivity contribution in [2.75, 3.05) is 6.61 Å². The van der Waals surface area contributed by atoms with E-state index in [0.29, 0.717) is 13.0 Å². The van der Waals surface area contributed by atoms with Gasteiger partial charge in [0.05, 0.1) is 17.1 Å². The Kier molecular flexibility index (Phi) is 6.77. The highest BCUT2D eigenvalue weighted by Gasteiger charge is 2.10. The first kappa shape index (κ1) is 15.0. The number of benzene rings is 1. The van der Waals surface area contributed by atoms with E-state index in [1.165, 1.54) is 0 Å². The minimum absolute atomic E-state index is 0.153. The molecule has 4 heteroatoms. The maximum Gasteiger partial charge on any atom is 0.136 e. The van der Waals surface area contributed by atoms with E-state index in [2.05, 4.69) is 28.9 Å². The number of nitriles is 1. The lowest BCUT2D eigenvalue weighted by molar-refractivity contribution is 0.307. The fourth-order valence-corrected chi connectivity index (χ4v) is 2.15. The molecule has 1 rings (SSSR count). The van der Waals surface area contributed by atoms with Crippen LogP contribution in [0.4, 0.5) is 0 Å². The molecule has 0 aromatic heterocycles. The Morgan fingerprint density at radius 3 is 2.94 bits per heavy atom. The van der Waals surface area contributed by atoms with Gasteiger partial charge in [0.1, 0.15) is 5.75 Å². The van der Waals surface area contributed by atoms with E-state index in [-0.39, 0.29) is 6.04 Å². The van der Waals surface area contributed by atoms with Crippen LogP contribution in [0.1, 0.15) is 31.7 Å². The van der Waals surface area contributed by atoms with Gasteiger partial charge in [-0.25, -0.2) is 0 Å². The summed E-state index contributed by atoms with van der Waals surface area (Å²) in [6, 6.07) is 8.26. The van der Waals surface area contributed by atoms with Gasteiger partial charge >= 0.3 is 0 Å². The van der Waals surface area contributed by atoms with E-state index in [1.54, 1.807) is 0 Å². The predicted molar refractivity (Wildman–Crippen MR) is 76.5 cm³/mol. The van der Waals surface area contributed by atoms with Crippen molar-refractivity contribution in [1.82, 2.24) is 0 Å². The van der Waals surface area contributed by atoms with Crippen molar-refractivity contribution in [2.45, 2.75) is 38.6 Å². The number of rotatable bonds is 7. The molecule has 0 amide bonds. The second-order valence-electron chi connectivity index (χ2n) is 4.21. The van der Waals surface area contributed by atoms with Crippen LogP contribution >= 0.6 is 15.9 Å². The molecule has 1 atom stereocenters. The van der Waals surface area contributed by atoms with Gasteiger partial charge in [0.15, 0.2) is 0 Å². The predicted octanol–water partition coefficient (Wildman–Crippen LogP) is 3.41. The topological polar surface area (TPSA) is 59.0 Å². The fraction of sp³-hybridized carbons (Fsp3) is 0.500. The summed E-state index contributed by atoms with van der Waals surface area (Å²) in [4.78, 5) is 0. The van der Waals surface area contributed by atoms with Crippen LogP contribution in [0.2, 0.25) is 0 Å². The van der Waals surface area contributed by atoms with E-state index in [0.717, 1.165) is 35.0 Å². The molecular weight excluding hydrogens is 292 g/mol. The summed E-state index contributed by atoms with van der Waals surface area (Å²) in [6.07, 6.45) is 3.02. The quantitative estimate of drug-likeness (QED) is 0.785. The van der Waals surface area contributed by atoms with E-state index in [1.807, 2.05) is 18.2 Å².